The van der Waals surface area contributed by atoms with Crippen LogP contribution in [0, 0.1) is 0 Å². The Morgan fingerprint density at radius 3 is 2.47 bits per heavy atom. The van der Waals surface area contributed by atoms with Crippen molar-refractivity contribution < 1.29 is 4.79 Å². The summed E-state index contributed by atoms with van der Waals surface area (Å²) in [6.07, 6.45) is 4.04. The first kappa shape index (κ1) is 12.8. The van der Waals surface area contributed by atoms with Crippen molar-refractivity contribution in [3.8, 4) is 0 Å². The molecule has 0 saturated carbocycles. The highest BCUT2D eigenvalue weighted by Crippen LogP contribution is 2.34. The van der Waals surface area contributed by atoms with Crippen LogP contribution in [-0.2, 0) is 6.42 Å². The lowest BCUT2D eigenvalue weighted by atomic mass is 10.1. The molecule has 1 heterocycles. The van der Waals surface area contributed by atoms with Crippen molar-refractivity contribution in [3.63, 3.8) is 0 Å². The maximum atomic E-state index is 12.0. The number of carbonyl (C=O) groups excluding carboxylic acids is 1. The third kappa shape index (κ3) is 3.65. The first-order valence-corrected chi connectivity index (χ1v) is 7.87. The first-order valence-electron chi connectivity index (χ1n) is 5.90. The summed E-state index contributed by atoms with van der Waals surface area (Å²) in [5.74, 6) is 2.41. The van der Waals surface area contributed by atoms with E-state index in [9.17, 15) is 4.79 Å². The van der Waals surface area contributed by atoms with Crippen LogP contribution in [0.4, 0.5) is 0 Å². The van der Waals surface area contributed by atoms with Gasteiger partial charge in [-0.05, 0) is 29.9 Å². The lowest BCUT2D eigenvalue weighted by Crippen LogP contribution is -1.98. The SMILES string of the molecule is CCc1ccc(C(=O)C=C2SCCCS2)cc1. The fourth-order valence-electron chi connectivity index (χ4n) is 1.62. The average molecular weight is 264 g/mol. The molecule has 0 aliphatic carbocycles. The van der Waals surface area contributed by atoms with Crippen LogP contribution in [0.3, 0.4) is 0 Å². The average Bonchev–Trinajstić information content (AvgIpc) is 2.40. The fourth-order valence-corrected chi connectivity index (χ4v) is 4.00. The third-order valence-corrected chi connectivity index (χ3v) is 5.17. The molecule has 0 amide bonds. The van der Waals surface area contributed by atoms with E-state index in [-0.39, 0.29) is 5.78 Å². The van der Waals surface area contributed by atoms with Crippen molar-refractivity contribution >= 4 is 29.3 Å². The Morgan fingerprint density at radius 2 is 1.88 bits per heavy atom. The largest absolute Gasteiger partial charge is 0.289 e. The van der Waals surface area contributed by atoms with E-state index in [2.05, 4.69) is 6.92 Å². The molecule has 0 radical (unpaired) electrons. The summed E-state index contributed by atoms with van der Waals surface area (Å²) in [6, 6.07) is 7.92. The Hall–Kier alpha value is -0.670. The number of rotatable bonds is 3. The molecule has 0 unspecified atom stereocenters. The lowest BCUT2D eigenvalue weighted by Gasteiger charge is -2.11. The van der Waals surface area contributed by atoms with Gasteiger partial charge in [-0.2, -0.15) is 0 Å². The molecule has 0 spiro atoms. The van der Waals surface area contributed by atoms with Gasteiger partial charge in [-0.1, -0.05) is 31.2 Å². The highest BCUT2D eigenvalue weighted by molar-refractivity contribution is 8.22. The molecule has 2 rings (SSSR count). The van der Waals surface area contributed by atoms with Gasteiger partial charge in [-0.3, -0.25) is 4.79 Å². The third-order valence-electron chi connectivity index (χ3n) is 2.67. The van der Waals surface area contributed by atoms with Crippen molar-refractivity contribution in [2.24, 2.45) is 0 Å². The topological polar surface area (TPSA) is 17.1 Å². The molecule has 0 N–H and O–H groups in total. The highest BCUT2D eigenvalue weighted by atomic mass is 32.2. The van der Waals surface area contributed by atoms with Crippen molar-refractivity contribution in [1.82, 2.24) is 0 Å². The van der Waals surface area contributed by atoms with E-state index in [1.54, 1.807) is 29.6 Å². The van der Waals surface area contributed by atoms with E-state index in [4.69, 9.17) is 0 Å². The molecule has 17 heavy (non-hydrogen) atoms. The summed E-state index contributed by atoms with van der Waals surface area (Å²) >= 11 is 3.59. The van der Waals surface area contributed by atoms with Gasteiger partial charge in [0.1, 0.15) is 0 Å². The quantitative estimate of drug-likeness (QED) is 0.603. The zero-order chi connectivity index (χ0) is 12.1. The van der Waals surface area contributed by atoms with Crippen LogP contribution in [-0.4, -0.2) is 17.3 Å². The number of hydrogen-bond acceptors (Lipinski definition) is 3. The summed E-state index contributed by atoms with van der Waals surface area (Å²) in [7, 11) is 0. The van der Waals surface area contributed by atoms with Gasteiger partial charge in [0.2, 0.25) is 0 Å². The Labute approximate surface area is 111 Å². The molecule has 0 bridgehead atoms. The number of thioether (sulfide) groups is 2. The van der Waals surface area contributed by atoms with Gasteiger partial charge >= 0.3 is 0 Å². The van der Waals surface area contributed by atoms with Crippen LogP contribution in [0.1, 0.15) is 29.3 Å². The molecule has 0 aromatic heterocycles. The van der Waals surface area contributed by atoms with Crippen molar-refractivity contribution in [2.75, 3.05) is 11.5 Å². The molecular formula is C14H16OS2. The second-order valence-corrected chi connectivity index (χ2v) is 6.46. The number of aryl methyl sites for hydroxylation is 1. The molecule has 1 nitrogen and oxygen atoms in total. The number of ketones is 1. The molecule has 1 aromatic rings. The predicted octanol–water partition coefficient (Wildman–Crippen LogP) is 4.14. The van der Waals surface area contributed by atoms with Crippen LogP contribution < -0.4 is 0 Å². The summed E-state index contributed by atoms with van der Waals surface area (Å²) in [6.45, 7) is 2.12. The molecule has 1 aliphatic rings. The van der Waals surface area contributed by atoms with Crippen LogP contribution in [0.5, 0.6) is 0 Å². The highest BCUT2D eigenvalue weighted by Gasteiger charge is 2.09. The molecule has 1 saturated heterocycles. The predicted molar refractivity (Wildman–Crippen MR) is 77.8 cm³/mol. The molecule has 90 valence electrons. The Morgan fingerprint density at radius 1 is 1.24 bits per heavy atom. The minimum Gasteiger partial charge on any atom is -0.289 e. The van der Waals surface area contributed by atoms with Crippen LogP contribution in [0.2, 0.25) is 0 Å². The zero-order valence-corrected chi connectivity index (χ0v) is 11.6. The van der Waals surface area contributed by atoms with Gasteiger partial charge in [0.15, 0.2) is 5.78 Å². The number of carbonyl (C=O) groups is 1. The summed E-state index contributed by atoms with van der Waals surface area (Å²) in [5.41, 5.74) is 2.07. The molecule has 1 aromatic carbocycles. The fraction of sp³-hybridized carbons (Fsp3) is 0.357. The molecule has 1 aliphatic heterocycles. The summed E-state index contributed by atoms with van der Waals surface area (Å²) < 4.78 is 1.17. The van der Waals surface area contributed by atoms with Crippen molar-refractivity contribution in [3.05, 3.63) is 45.7 Å². The minimum absolute atomic E-state index is 0.129. The van der Waals surface area contributed by atoms with Crippen LogP contribution in [0.25, 0.3) is 0 Å². The molecular weight excluding hydrogens is 248 g/mol. The molecule has 0 atom stereocenters. The van der Waals surface area contributed by atoms with E-state index in [0.29, 0.717) is 0 Å². The normalized spacial score (nSPS) is 15.7. The number of benzene rings is 1. The monoisotopic (exact) mass is 264 g/mol. The van der Waals surface area contributed by atoms with Crippen LogP contribution in [0.15, 0.2) is 34.6 Å². The van der Waals surface area contributed by atoms with Gasteiger partial charge in [-0.25, -0.2) is 0 Å². The summed E-state index contributed by atoms with van der Waals surface area (Å²) in [4.78, 5) is 12.0. The molecule has 3 heteroatoms. The summed E-state index contributed by atoms with van der Waals surface area (Å²) in [5, 5.41) is 0. The van der Waals surface area contributed by atoms with Gasteiger partial charge in [0.25, 0.3) is 0 Å². The van der Waals surface area contributed by atoms with Gasteiger partial charge in [-0.15, -0.1) is 23.5 Å². The van der Waals surface area contributed by atoms with Crippen molar-refractivity contribution in [2.45, 2.75) is 19.8 Å². The maximum Gasteiger partial charge on any atom is 0.187 e. The second kappa shape index (κ2) is 6.31. The van der Waals surface area contributed by atoms with E-state index in [1.807, 2.05) is 24.3 Å². The van der Waals surface area contributed by atoms with Crippen LogP contribution >= 0.6 is 23.5 Å². The smallest absolute Gasteiger partial charge is 0.187 e. The lowest BCUT2D eigenvalue weighted by molar-refractivity contribution is 0.104. The Bertz CT molecular complexity index is 412. The van der Waals surface area contributed by atoms with E-state index in [1.165, 1.54) is 16.2 Å². The zero-order valence-electron chi connectivity index (χ0n) is 9.94. The van der Waals surface area contributed by atoms with E-state index in [0.717, 1.165) is 23.5 Å². The van der Waals surface area contributed by atoms with Gasteiger partial charge in [0, 0.05) is 15.9 Å². The van der Waals surface area contributed by atoms with Crippen molar-refractivity contribution in [1.29, 1.82) is 0 Å². The van der Waals surface area contributed by atoms with E-state index >= 15 is 0 Å². The maximum absolute atomic E-state index is 12.0. The standard InChI is InChI=1S/C14H16OS2/c1-2-11-4-6-12(7-5-11)13(15)10-14-16-8-3-9-17-14/h4-7,10H,2-3,8-9H2,1H3. The van der Waals surface area contributed by atoms with Gasteiger partial charge in [0.05, 0.1) is 0 Å². The first-order chi connectivity index (χ1) is 8.29. The molecule has 1 fully saturated rings. The van der Waals surface area contributed by atoms with E-state index < -0.39 is 0 Å². The van der Waals surface area contributed by atoms with Gasteiger partial charge < -0.3 is 0 Å². The Balaban J connectivity index is 2.07. The number of allylic oxidation sites excluding steroid dienone is 1. The minimum atomic E-state index is 0.129. The number of hydrogen-bond donors (Lipinski definition) is 0. The second-order valence-electron chi connectivity index (χ2n) is 3.93. The Kier molecular flexibility index (Phi) is 4.75.